The van der Waals surface area contributed by atoms with Crippen molar-refractivity contribution in [3.05, 3.63) is 24.0 Å². The third kappa shape index (κ3) is 3.18. The van der Waals surface area contributed by atoms with Crippen molar-refractivity contribution >= 4 is 10.0 Å². The predicted octanol–water partition coefficient (Wildman–Crippen LogP) is 0.604. The van der Waals surface area contributed by atoms with Crippen molar-refractivity contribution in [1.82, 2.24) is 5.32 Å². The highest BCUT2D eigenvalue weighted by molar-refractivity contribution is 7.89. The molecule has 0 bridgehead atoms. The Labute approximate surface area is 105 Å². The van der Waals surface area contributed by atoms with Gasteiger partial charge in [0.15, 0.2) is 11.6 Å². The van der Waals surface area contributed by atoms with E-state index in [1.807, 2.05) is 0 Å². The van der Waals surface area contributed by atoms with E-state index in [2.05, 4.69) is 5.32 Å². The quantitative estimate of drug-likeness (QED) is 0.842. The molecule has 100 valence electrons. The molecule has 0 aromatic heterocycles. The summed E-state index contributed by atoms with van der Waals surface area (Å²) >= 11 is 0. The SMILES string of the molecule is NS(=O)(=O)c1ccc(OCC2CCCN2)c(F)c1. The third-order valence-electron chi connectivity index (χ3n) is 2.83. The molecule has 0 aliphatic carbocycles. The molecule has 1 fully saturated rings. The molecule has 5 nitrogen and oxygen atoms in total. The molecule has 1 heterocycles. The fraction of sp³-hybridized carbons (Fsp3) is 0.455. The van der Waals surface area contributed by atoms with Gasteiger partial charge in [0.2, 0.25) is 10.0 Å². The highest BCUT2D eigenvalue weighted by Gasteiger charge is 2.16. The van der Waals surface area contributed by atoms with Gasteiger partial charge in [0.05, 0.1) is 4.90 Å². The van der Waals surface area contributed by atoms with E-state index in [-0.39, 0.29) is 16.7 Å². The Morgan fingerprint density at radius 3 is 2.83 bits per heavy atom. The van der Waals surface area contributed by atoms with Crippen LogP contribution in [0.3, 0.4) is 0 Å². The lowest BCUT2D eigenvalue weighted by Crippen LogP contribution is -2.28. The predicted molar refractivity (Wildman–Crippen MR) is 64.3 cm³/mol. The molecule has 3 N–H and O–H groups in total. The zero-order chi connectivity index (χ0) is 13.2. The summed E-state index contributed by atoms with van der Waals surface area (Å²) in [6.45, 7) is 1.31. The molecule has 1 aromatic carbocycles. The second-order valence-corrected chi connectivity index (χ2v) is 5.80. The molecular formula is C11H15FN2O3S. The van der Waals surface area contributed by atoms with Gasteiger partial charge in [0.1, 0.15) is 6.61 Å². The van der Waals surface area contributed by atoms with Crippen LogP contribution in [0.1, 0.15) is 12.8 Å². The van der Waals surface area contributed by atoms with Crippen molar-refractivity contribution in [3.8, 4) is 5.75 Å². The van der Waals surface area contributed by atoms with Crippen molar-refractivity contribution in [3.63, 3.8) is 0 Å². The maximum Gasteiger partial charge on any atom is 0.238 e. The smallest absolute Gasteiger partial charge is 0.238 e. The number of primary sulfonamides is 1. The minimum absolute atomic E-state index is 0.0381. The number of sulfonamides is 1. The van der Waals surface area contributed by atoms with Crippen LogP contribution in [-0.2, 0) is 10.0 Å². The lowest BCUT2D eigenvalue weighted by molar-refractivity contribution is 0.265. The van der Waals surface area contributed by atoms with Gasteiger partial charge in [-0.1, -0.05) is 0 Å². The van der Waals surface area contributed by atoms with Crippen LogP contribution >= 0.6 is 0 Å². The van der Waals surface area contributed by atoms with E-state index >= 15 is 0 Å². The highest BCUT2D eigenvalue weighted by Crippen LogP contribution is 2.21. The van der Waals surface area contributed by atoms with Gasteiger partial charge in [-0.3, -0.25) is 0 Å². The van der Waals surface area contributed by atoms with Gasteiger partial charge >= 0.3 is 0 Å². The van der Waals surface area contributed by atoms with E-state index in [4.69, 9.17) is 9.88 Å². The molecule has 1 aromatic rings. The first-order chi connectivity index (χ1) is 8.47. The molecule has 7 heteroatoms. The molecule has 0 spiro atoms. The summed E-state index contributed by atoms with van der Waals surface area (Å²) in [5, 5.41) is 8.12. The maximum absolute atomic E-state index is 13.6. The van der Waals surface area contributed by atoms with Gasteiger partial charge in [-0.05, 0) is 37.6 Å². The second-order valence-electron chi connectivity index (χ2n) is 4.24. The van der Waals surface area contributed by atoms with Crippen LogP contribution in [-0.4, -0.2) is 27.6 Å². The Kier molecular flexibility index (Phi) is 3.84. The van der Waals surface area contributed by atoms with E-state index < -0.39 is 15.8 Å². The van der Waals surface area contributed by atoms with Crippen LogP contribution in [0.15, 0.2) is 23.1 Å². The fourth-order valence-corrected chi connectivity index (χ4v) is 2.39. The zero-order valence-corrected chi connectivity index (χ0v) is 10.5. The van der Waals surface area contributed by atoms with Crippen molar-refractivity contribution in [1.29, 1.82) is 0 Å². The van der Waals surface area contributed by atoms with Gasteiger partial charge in [-0.15, -0.1) is 0 Å². The van der Waals surface area contributed by atoms with E-state index in [1.165, 1.54) is 12.1 Å². The number of hydrogen-bond donors (Lipinski definition) is 2. The van der Waals surface area contributed by atoms with Crippen LogP contribution in [0.2, 0.25) is 0 Å². The summed E-state index contributed by atoms with van der Waals surface area (Å²) in [6.07, 6.45) is 2.08. The van der Waals surface area contributed by atoms with Gasteiger partial charge in [-0.25, -0.2) is 17.9 Å². The maximum atomic E-state index is 13.6. The number of halogens is 1. The number of rotatable bonds is 4. The number of nitrogens with one attached hydrogen (secondary N) is 1. The first kappa shape index (κ1) is 13.3. The van der Waals surface area contributed by atoms with Crippen molar-refractivity contribution in [2.24, 2.45) is 5.14 Å². The Balaban J connectivity index is 2.05. The summed E-state index contributed by atoms with van der Waals surface area (Å²) in [7, 11) is -3.88. The van der Waals surface area contributed by atoms with Crippen LogP contribution in [0, 0.1) is 5.82 Å². The van der Waals surface area contributed by atoms with Crippen molar-refractivity contribution < 1.29 is 17.5 Å². The molecule has 18 heavy (non-hydrogen) atoms. The van der Waals surface area contributed by atoms with Crippen molar-refractivity contribution in [2.75, 3.05) is 13.2 Å². The Morgan fingerprint density at radius 2 is 2.28 bits per heavy atom. The lowest BCUT2D eigenvalue weighted by Gasteiger charge is -2.12. The lowest BCUT2D eigenvalue weighted by atomic mass is 10.2. The fourth-order valence-electron chi connectivity index (χ4n) is 1.86. The summed E-state index contributed by atoms with van der Waals surface area (Å²) in [5.74, 6) is -0.685. The molecule has 1 aliphatic rings. The number of nitrogens with two attached hydrogens (primary N) is 1. The average molecular weight is 274 g/mol. The molecule has 2 rings (SSSR count). The minimum Gasteiger partial charge on any atom is -0.489 e. The first-order valence-electron chi connectivity index (χ1n) is 5.65. The van der Waals surface area contributed by atoms with Crippen LogP contribution in [0.4, 0.5) is 4.39 Å². The molecule has 1 unspecified atom stereocenters. The monoisotopic (exact) mass is 274 g/mol. The highest BCUT2D eigenvalue weighted by atomic mass is 32.2. The van der Waals surface area contributed by atoms with Gasteiger partial charge < -0.3 is 10.1 Å². The van der Waals surface area contributed by atoms with Crippen LogP contribution in [0.5, 0.6) is 5.75 Å². The molecule has 1 atom stereocenters. The second kappa shape index (κ2) is 5.21. The normalized spacial score (nSPS) is 20.0. The van der Waals surface area contributed by atoms with Crippen LogP contribution < -0.4 is 15.2 Å². The number of hydrogen-bond acceptors (Lipinski definition) is 4. The summed E-state index contributed by atoms with van der Waals surface area (Å²) in [4.78, 5) is -0.258. The molecule has 1 aliphatic heterocycles. The minimum atomic E-state index is -3.88. The number of ether oxygens (including phenoxy) is 1. The van der Waals surface area contributed by atoms with Gasteiger partial charge in [0.25, 0.3) is 0 Å². The molecule has 0 radical (unpaired) electrons. The van der Waals surface area contributed by atoms with Crippen molar-refractivity contribution in [2.45, 2.75) is 23.8 Å². The summed E-state index contributed by atoms with van der Waals surface area (Å²) < 4.78 is 41.0. The van der Waals surface area contributed by atoms with E-state index in [0.717, 1.165) is 25.5 Å². The standard InChI is InChI=1S/C11H15FN2O3S/c12-10-6-9(18(13,15)16)3-4-11(10)17-7-8-2-1-5-14-8/h3-4,6,8,14H,1-2,5,7H2,(H2,13,15,16). The Hall–Kier alpha value is -1.18. The van der Waals surface area contributed by atoms with Gasteiger partial charge in [0, 0.05) is 6.04 Å². The Bertz CT molecular complexity index is 527. The average Bonchev–Trinajstić information content (AvgIpc) is 2.79. The first-order valence-corrected chi connectivity index (χ1v) is 7.20. The molecule has 0 saturated carbocycles. The van der Waals surface area contributed by atoms with Crippen LogP contribution in [0.25, 0.3) is 0 Å². The molecule has 1 saturated heterocycles. The summed E-state index contributed by atoms with van der Waals surface area (Å²) in [6, 6.07) is 3.61. The van der Waals surface area contributed by atoms with E-state index in [1.54, 1.807) is 0 Å². The largest absolute Gasteiger partial charge is 0.489 e. The van der Waals surface area contributed by atoms with E-state index in [9.17, 15) is 12.8 Å². The Morgan fingerprint density at radius 1 is 1.50 bits per heavy atom. The topological polar surface area (TPSA) is 81.4 Å². The number of benzene rings is 1. The molecule has 0 amide bonds. The zero-order valence-electron chi connectivity index (χ0n) is 9.73. The molecular weight excluding hydrogens is 259 g/mol. The third-order valence-corrected chi connectivity index (χ3v) is 3.75. The van der Waals surface area contributed by atoms with Gasteiger partial charge in [-0.2, -0.15) is 0 Å². The van der Waals surface area contributed by atoms with E-state index in [0.29, 0.717) is 6.61 Å². The summed E-state index contributed by atoms with van der Waals surface area (Å²) in [5.41, 5.74) is 0.